The summed E-state index contributed by atoms with van der Waals surface area (Å²) in [5.74, 6) is 2.16. The third-order valence-electron chi connectivity index (χ3n) is 5.87. The Bertz CT molecular complexity index is 1060. The molecule has 5 rings (SSSR count). The normalized spacial score (nSPS) is 21.2. The number of nitrogens with zero attached hydrogens (tertiary/aromatic N) is 6. The lowest BCUT2D eigenvalue weighted by atomic mass is 10.0. The van der Waals surface area contributed by atoms with Gasteiger partial charge in [-0.2, -0.15) is 4.98 Å². The second-order valence-corrected chi connectivity index (χ2v) is 7.61. The van der Waals surface area contributed by atoms with E-state index in [4.69, 9.17) is 9.72 Å². The van der Waals surface area contributed by atoms with Crippen molar-refractivity contribution in [3.8, 4) is 17.3 Å². The number of fused-ring (bicyclic) bond motifs is 1. The first kappa shape index (κ1) is 18.7. The summed E-state index contributed by atoms with van der Waals surface area (Å²) >= 11 is 0. The molecule has 8 nitrogen and oxygen atoms in total. The van der Waals surface area contributed by atoms with Crippen LogP contribution >= 0.6 is 0 Å². The SMILES string of the molecule is CC[C@@H]1C(=O)N(C)c2cnc(-n3ccnc3-c3ccccc3)nc2N1[C@@H]1CCOC1. The quantitative estimate of drug-likeness (QED) is 0.666. The summed E-state index contributed by atoms with van der Waals surface area (Å²) in [4.78, 5) is 30.9. The molecule has 154 valence electrons. The van der Waals surface area contributed by atoms with Crippen molar-refractivity contribution in [3.05, 3.63) is 48.9 Å². The smallest absolute Gasteiger partial charge is 0.249 e. The van der Waals surface area contributed by atoms with E-state index in [1.165, 1.54) is 0 Å². The fraction of sp³-hybridized carbons (Fsp3) is 0.364. The summed E-state index contributed by atoms with van der Waals surface area (Å²) in [6, 6.07) is 9.84. The Morgan fingerprint density at radius 2 is 2.03 bits per heavy atom. The van der Waals surface area contributed by atoms with Crippen molar-refractivity contribution in [2.45, 2.75) is 31.8 Å². The lowest BCUT2D eigenvalue weighted by molar-refractivity contribution is -0.120. The Kier molecular flexibility index (Phi) is 4.71. The number of carbonyl (C=O) groups is 1. The zero-order valence-electron chi connectivity index (χ0n) is 17.1. The van der Waals surface area contributed by atoms with E-state index >= 15 is 0 Å². The van der Waals surface area contributed by atoms with E-state index in [0.717, 1.165) is 29.3 Å². The standard InChI is InChI=1S/C22H24N6O2/c1-3-17-21(29)26(2)18-13-24-22(25-20(18)28(17)16-9-12-30-14-16)27-11-10-23-19(27)15-7-5-4-6-8-15/h4-8,10-11,13,16-17H,3,9,12,14H2,1-2H3/t16-,17-/m1/s1. The van der Waals surface area contributed by atoms with E-state index in [1.54, 1.807) is 24.3 Å². The van der Waals surface area contributed by atoms with E-state index in [9.17, 15) is 4.79 Å². The molecule has 0 radical (unpaired) electrons. The maximum absolute atomic E-state index is 13.0. The van der Waals surface area contributed by atoms with Crippen LogP contribution < -0.4 is 9.80 Å². The highest BCUT2D eigenvalue weighted by Gasteiger charge is 2.41. The number of anilines is 2. The minimum absolute atomic E-state index is 0.0702. The number of rotatable bonds is 4. The Hall–Kier alpha value is -3.26. The lowest BCUT2D eigenvalue weighted by Gasteiger charge is -2.43. The molecule has 2 aliphatic heterocycles. The predicted molar refractivity (Wildman–Crippen MR) is 114 cm³/mol. The molecule has 1 aromatic carbocycles. The van der Waals surface area contributed by atoms with Crippen molar-refractivity contribution in [1.29, 1.82) is 0 Å². The lowest BCUT2D eigenvalue weighted by Crippen LogP contribution is -2.56. The Labute approximate surface area is 175 Å². The highest BCUT2D eigenvalue weighted by Crippen LogP contribution is 2.37. The molecule has 8 heteroatoms. The minimum atomic E-state index is -0.256. The molecule has 0 unspecified atom stereocenters. The number of ether oxygens (including phenoxy) is 1. The molecule has 0 saturated carbocycles. The fourth-order valence-electron chi connectivity index (χ4n) is 4.31. The van der Waals surface area contributed by atoms with Crippen LogP contribution in [0.2, 0.25) is 0 Å². The van der Waals surface area contributed by atoms with Crippen LogP contribution in [0.1, 0.15) is 19.8 Å². The molecule has 0 aliphatic carbocycles. The van der Waals surface area contributed by atoms with E-state index < -0.39 is 0 Å². The van der Waals surface area contributed by atoms with Crippen LogP contribution in [0.15, 0.2) is 48.9 Å². The number of likely N-dealkylation sites (N-methyl/N-ethyl adjacent to an activating group) is 1. The summed E-state index contributed by atoms with van der Waals surface area (Å²) in [5.41, 5.74) is 1.71. The van der Waals surface area contributed by atoms with Crippen LogP contribution in [0.25, 0.3) is 17.3 Å². The van der Waals surface area contributed by atoms with Gasteiger partial charge in [0.05, 0.1) is 18.8 Å². The molecule has 1 fully saturated rings. The third-order valence-corrected chi connectivity index (χ3v) is 5.87. The van der Waals surface area contributed by atoms with Crippen molar-refractivity contribution in [3.63, 3.8) is 0 Å². The van der Waals surface area contributed by atoms with Gasteiger partial charge in [-0.05, 0) is 12.8 Å². The average molecular weight is 404 g/mol. The van der Waals surface area contributed by atoms with Gasteiger partial charge < -0.3 is 14.5 Å². The largest absolute Gasteiger partial charge is 0.379 e. The van der Waals surface area contributed by atoms with Gasteiger partial charge in [0.2, 0.25) is 11.9 Å². The minimum Gasteiger partial charge on any atom is -0.379 e. The topological polar surface area (TPSA) is 76.4 Å². The van der Waals surface area contributed by atoms with Crippen molar-refractivity contribution < 1.29 is 9.53 Å². The van der Waals surface area contributed by atoms with Crippen LogP contribution in [-0.4, -0.2) is 57.8 Å². The molecule has 1 amide bonds. The molecule has 0 N–H and O–H groups in total. The van der Waals surface area contributed by atoms with E-state index in [-0.39, 0.29) is 18.0 Å². The molecular formula is C22H24N6O2. The van der Waals surface area contributed by atoms with Gasteiger partial charge in [-0.3, -0.25) is 9.36 Å². The highest BCUT2D eigenvalue weighted by molar-refractivity contribution is 6.04. The number of imidazole rings is 1. The van der Waals surface area contributed by atoms with Crippen LogP contribution in [-0.2, 0) is 9.53 Å². The highest BCUT2D eigenvalue weighted by atomic mass is 16.5. The zero-order chi connectivity index (χ0) is 20.7. The van der Waals surface area contributed by atoms with Crippen LogP contribution in [0.4, 0.5) is 11.5 Å². The van der Waals surface area contributed by atoms with Gasteiger partial charge >= 0.3 is 0 Å². The van der Waals surface area contributed by atoms with Gasteiger partial charge in [0.1, 0.15) is 17.6 Å². The van der Waals surface area contributed by atoms with Gasteiger partial charge in [-0.15, -0.1) is 0 Å². The fourth-order valence-corrected chi connectivity index (χ4v) is 4.31. The molecule has 2 aromatic heterocycles. The number of carbonyl (C=O) groups excluding carboxylic acids is 1. The monoisotopic (exact) mass is 404 g/mol. The van der Waals surface area contributed by atoms with Gasteiger partial charge in [0, 0.05) is 31.6 Å². The van der Waals surface area contributed by atoms with E-state index in [1.807, 2.05) is 48.0 Å². The van der Waals surface area contributed by atoms with Crippen molar-refractivity contribution in [2.75, 3.05) is 30.1 Å². The Morgan fingerprint density at radius 1 is 1.20 bits per heavy atom. The number of aromatic nitrogens is 4. The van der Waals surface area contributed by atoms with E-state index in [2.05, 4.69) is 14.9 Å². The summed E-state index contributed by atoms with van der Waals surface area (Å²) in [7, 11) is 1.79. The Morgan fingerprint density at radius 3 is 2.77 bits per heavy atom. The van der Waals surface area contributed by atoms with Gasteiger partial charge in [-0.1, -0.05) is 37.3 Å². The first-order valence-corrected chi connectivity index (χ1v) is 10.3. The first-order valence-electron chi connectivity index (χ1n) is 10.3. The van der Waals surface area contributed by atoms with Gasteiger partial charge in [0.25, 0.3) is 0 Å². The summed E-state index contributed by atoms with van der Waals surface area (Å²) in [6.07, 6.45) is 6.94. The van der Waals surface area contributed by atoms with Gasteiger partial charge in [0.15, 0.2) is 5.82 Å². The van der Waals surface area contributed by atoms with Crippen LogP contribution in [0, 0.1) is 0 Å². The average Bonchev–Trinajstić information content (AvgIpc) is 3.48. The van der Waals surface area contributed by atoms with Crippen molar-refractivity contribution in [2.24, 2.45) is 0 Å². The number of hydrogen-bond acceptors (Lipinski definition) is 6. The third kappa shape index (κ3) is 2.95. The zero-order valence-corrected chi connectivity index (χ0v) is 17.1. The molecule has 2 atom stereocenters. The molecule has 30 heavy (non-hydrogen) atoms. The summed E-state index contributed by atoms with van der Waals surface area (Å²) in [6.45, 7) is 3.34. The summed E-state index contributed by atoms with van der Waals surface area (Å²) < 4.78 is 7.52. The molecule has 1 saturated heterocycles. The maximum Gasteiger partial charge on any atom is 0.249 e. The second kappa shape index (κ2) is 7.53. The molecule has 3 aromatic rings. The Balaban J connectivity index is 1.63. The second-order valence-electron chi connectivity index (χ2n) is 7.61. The van der Waals surface area contributed by atoms with Crippen LogP contribution in [0.3, 0.4) is 0 Å². The molecule has 4 heterocycles. The van der Waals surface area contributed by atoms with E-state index in [0.29, 0.717) is 25.6 Å². The number of benzene rings is 1. The summed E-state index contributed by atoms with van der Waals surface area (Å²) in [5, 5.41) is 0. The van der Waals surface area contributed by atoms with Crippen LogP contribution in [0.5, 0.6) is 0 Å². The maximum atomic E-state index is 13.0. The predicted octanol–water partition coefficient (Wildman–Crippen LogP) is 2.68. The van der Waals surface area contributed by atoms with Crippen molar-refractivity contribution in [1.82, 2.24) is 19.5 Å². The molecule has 2 aliphatic rings. The molecule has 0 bridgehead atoms. The number of amides is 1. The van der Waals surface area contributed by atoms with Crippen molar-refractivity contribution >= 4 is 17.4 Å². The first-order chi connectivity index (χ1) is 14.7. The van der Waals surface area contributed by atoms with Gasteiger partial charge in [-0.25, -0.2) is 9.97 Å². The number of hydrogen-bond donors (Lipinski definition) is 0. The molecule has 0 spiro atoms. The molecular weight excluding hydrogens is 380 g/mol.